The molecule has 0 atom stereocenters. The fraction of sp³-hybridized carbons (Fsp3) is 0.273. The van der Waals surface area contributed by atoms with E-state index in [9.17, 15) is 9.59 Å². The second-order valence-electron chi connectivity index (χ2n) is 3.02. The van der Waals surface area contributed by atoms with Crippen molar-refractivity contribution < 1.29 is 19.1 Å². The first-order valence-electron chi connectivity index (χ1n) is 4.52. The minimum Gasteiger partial charge on any atom is -0.496 e. The minimum atomic E-state index is -0.591. The number of benzene rings is 1. The van der Waals surface area contributed by atoms with Gasteiger partial charge in [-0.05, 0) is 18.2 Å². The summed E-state index contributed by atoms with van der Waals surface area (Å²) in [6, 6.07) is 4.65. The molecule has 5 heteroatoms. The van der Waals surface area contributed by atoms with Crippen molar-refractivity contribution in [3.63, 3.8) is 0 Å². The maximum absolute atomic E-state index is 11.7. The zero-order chi connectivity index (χ0) is 12.1. The number of ether oxygens (including phenoxy) is 2. The van der Waals surface area contributed by atoms with Gasteiger partial charge < -0.3 is 9.47 Å². The van der Waals surface area contributed by atoms with Gasteiger partial charge >= 0.3 is 5.97 Å². The molecule has 1 rings (SSSR count). The third kappa shape index (κ3) is 2.97. The van der Waals surface area contributed by atoms with E-state index < -0.39 is 5.97 Å². The largest absolute Gasteiger partial charge is 0.496 e. The van der Waals surface area contributed by atoms with Gasteiger partial charge in [-0.15, -0.1) is 0 Å². The third-order valence-electron chi connectivity index (χ3n) is 1.99. The van der Waals surface area contributed by atoms with E-state index in [0.29, 0.717) is 10.8 Å². The van der Waals surface area contributed by atoms with Crippen molar-refractivity contribution in [3.05, 3.63) is 28.8 Å². The normalized spacial score (nSPS) is 9.69. The Morgan fingerprint density at radius 2 is 2.00 bits per heavy atom. The van der Waals surface area contributed by atoms with Crippen LogP contribution in [0, 0.1) is 0 Å². The molecule has 4 nitrogen and oxygen atoms in total. The molecule has 0 saturated heterocycles. The van der Waals surface area contributed by atoms with Gasteiger partial charge in [0.2, 0.25) is 0 Å². The molecule has 0 aromatic heterocycles. The Labute approximate surface area is 98.1 Å². The molecule has 0 heterocycles. The Morgan fingerprint density at radius 1 is 1.31 bits per heavy atom. The van der Waals surface area contributed by atoms with Crippen molar-refractivity contribution in [2.45, 2.75) is 6.42 Å². The smallest absolute Gasteiger partial charge is 0.313 e. The van der Waals surface area contributed by atoms with Crippen LogP contribution in [0.3, 0.4) is 0 Å². The standard InChI is InChI=1S/C11H11ClO4/c1-15-10-4-3-7(12)5-8(10)9(13)6-11(14)16-2/h3-5H,6H2,1-2H3. The van der Waals surface area contributed by atoms with E-state index >= 15 is 0 Å². The molecule has 0 unspecified atom stereocenters. The highest BCUT2D eigenvalue weighted by atomic mass is 35.5. The molecule has 0 N–H and O–H groups in total. The first kappa shape index (κ1) is 12.5. The molecule has 86 valence electrons. The summed E-state index contributed by atoms with van der Waals surface area (Å²) in [5.74, 6) is -0.587. The average Bonchev–Trinajstić information content (AvgIpc) is 2.28. The lowest BCUT2D eigenvalue weighted by atomic mass is 10.1. The predicted octanol–water partition coefficient (Wildman–Crippen LogP) is 2.09. The Bertz CT molecular complexity index is 414. The van der Waals surface area contributed by atoms with Crippen LogP contribution in [0.15, 0.2) is 18.2 Å². The quantitative estimate of drug-likeness (QED) is 0.461. The average molecular weight is 243 g/mol. The maximum Gasteiger partial charge on any atom is 0.313 e. The van der Waals surface area contributed by atoms with Gasteiger partial charge in [-0.25, -0.2) is 0 Å². The molecule has 0 aliphatic rings. The van der Waals surface area contributed by atoms with Crippen molar-refractivity contribution >= 4 is 23.4 Å². The van der Waals surface area contributed by atoms with Crippen molar-refractivity contribution in [2.24, 2.45) is 0 Å². The lowest BCUT2D eigenvalue weighted by Gasteiger charge is -2.07. The number of Topliss-reactive ketones (excluding diaryl/α,β-unsaturated/α-hetero) is 1. The van der Waals surface area contributed by atoms with Crippen molar-refractivity contribution in [1.82, 2.24) is 0 Å². The SMILES string of the molecule is COC(=O)CC(=O)c1cc(Cl)ccc1OC. The first-order chi connectivity index (χ1) is 7.58. The maximum atomic E-state index is 11.7. The fourth-order valence-corrected chi connectivity index (χ4v) is 1.37. The van der Waals surface area contributed by atoms with E-state index in [-0.39, 0.29) is 17.8 Å². The van der Waals surface area contributed by atoms with Gasteiger partial charge in [0, 0.05) is 5.02 Å². The second-order valence-corrected chi connectivity index (χ2v) is 3.46. The van der Waals surface area contributed by atoms with Crippen LogP contribution in [-0.2, 0) is 9.53 Å². The van der Waals surface area contributed by atoms with Crippen LogP contribution in [0.25, 0.3) is 0 Å². The third-order valence-corrected chi connectivity index (χ3v) is 2.23. The molecule has 0 aliphatic carbocycles. The number of carbonyl (C=O) groups is 2. The number of ketones is 1. The van der Waals surface area contributed by atoms with Gasteiger partial charge in [-0.3, -0.25) is 9.59 Å². The number of rotatable bonds is 4. The second kappa shape index (κ2) is 5.51. The Hall–Kier alpha value is -1.55. The van der Waals surface area contributed by atoms with Crippen LogP contribution in [0.2, 0.25) is 5.02 Å². The summed E-state index contributed by atoms with van der Waals surface area (Å²) in [4.78, 5) is 22.7. The highest BCUT2D eigenvalue weighted by Gasteiger charge is 2.16. The lowest BCUT2D eigenvalue weighted by molar-refractivity contribution is -0.139. The molecule has 1 aromatic carbocycles. The number of hydrogen-bond donors (Lipinski definition) is 0. The number of hydrogen-bond acceptors (Lipinski definition) is 4. The minimum absolute atomic E-state index is 0.278. The molecule has 1 aromatic rings. The zero-order valence-electron chi connectivity index (χ0n) is 8.95. The summed E-state index contributed by atoms with van der Waals surface area (Å²) >= 11 is 5.76. The van der Waals surface area contributed by atoms with E-state index in [1.54, 1.807) is 12.1 Å². The molecular weight excluding hydrogens is 232 g/mol. The van der Waals surface area contributed by atoms with E-state index in [2.05, 4.69) is 4.74 Å². The molecule has 0 amide bonds. The zero-order valence-corrected chi connectivity index (χ0v) is 9.71. The highest BCUT2D eigenvalue weighted by molar-refractivity contribution is 6.31. The predicted molar refractivity (Wildman–Crippen MR) is 59.0 cm³/mol. The molecule has 16 heavy (non-hydrogen) atoms. The van der Waals surface area contributed by atoms with Crippen LogP contribution in [-0.4, -0.2) is 26.0 Å². The van der Waals surface area contributed by atoms with Gasteiger partial charge in [0.05, 0.1) is 19.8 Å². The summed E-state index contributed by atoms with van der Waals surface area (Å²) in [6.07, 6.45) is -0.326. The molecule has 0 fully saturated rings. The molecule has 0 saturated carbocycles. The van der Waals surface area contributed by atoms with Crippen LogP contribution >= 0.6 is 11.6 Å². The molecule has 0 radical (unpaired) electrons. The van der Waals surface area contributed by atoms with Crippen molar-refractivity contribution in [3.8, 4) is 5.75 Å². The summed E-state index contributed by atoms with van der Waals surface area (Å²) in [5.41, 5.74) is 0.278. The number of esters is 1. The lowest BCUT2D eigenvalue weighted by Crippen LogP contribution is -2.10. The topological polar surface area (TPSA) is 52.6 Å². The van der Waals surface area contributed by atoms with Crippen molar-refractivity contribution in [2.75, 3.05) is 14.2 Å². The van der Waals surface area contributed by atoms with Gasteiger partial charge in [-0.1, -0.05) is 11.6 Å². The van der Waals surface area contributed by atoms with E-state index in [0.717, 1.165) is 0 Å². The van der Waals surface area contributed by atoms with Crippen LogP contribution in [0.1, 0.15) is 16.8 Å². The monoisotopic (exact) mass is 242 g/mol. The molecule has 0 spiro atoms. The van der Waals surface area contributed by atoms with Crippen LogP contribution < -0.4 is 4.74 Å². The van der Waals surface area contributed by atoms with Gasteiger partial charge in [0.25, 0.3) is 0 Å². The number of carbonyl (C=O) groups excluding carboxylic acids is 2. The Morgan fingerprint density at radius 3 is 2.56 bits per heavy atom. The van der Waals surface area contributed by atoms with Gasteiger partial charge in [0.1, 0.15) is 12.2 Å². The molecule has 0 aliphatic heterocycles. The molecular formula is C11H11ClO4. The van der Waals surface area contributed by atoms with E-state index in [1.807, 2.05) is 0 Å². The number of methoxy groups -OCH3 is 2. The Balaban J connectivity index is 2.97. The van der Waals surface area contributed by atoms with Crippen LogP contribution in [0.5, 0.6) is 5.75 Å². The van der Waals surface area contributed by atoms with Crippen molar-refractivity contribution in [1.29, 1.82) is 0 Å². The van der Waals surface area contributed by atoms with Crippen LogP contribution in [0.4, 0.5) is 0 Å². The fourth-order valence-electron chi connectivity index (χ4n) is 1.20. The molecule has 0 bridgehead atoms. The summed E-state index contributed by atoms with van der Waals surface area (Å²) < 4.78 is 9.42. The highest BCUT2D eigenvalue weighted by Crippen LogP contribution is 2.23. The summed E-state index contributed by atoms with van der Waals surface area (Å²) in [5, 5.41) is 0.411. The van der Waals surface area contributed by atoms with E-state index in [1.165, 1.54) is 20.3 Å². The first-order valence-corrected chi connectivity index (χ1v) is 4.90. The Kier molecular flexibility index (Phi) is 4.31. The van der Waals surface area contributed by atoms with Gasteiger partial charge in [0.15, 0.2) is 5.78 Å². The van der Waals surface area contributed by atoms with E-state index in [4.69, 9.17) is 16.3 Å². The van der Waals surface area contributed by atoms with Gasteiger partial charge in [-0.2, -0.15) is 0 Å². The number of halogens is 1. The summed E-state index contributed by atoms with van der Waals surface area (Å²) in [6.45, 7) is 0. The summed E-state index contributed by atoms with van der Waals surface area (Å²) in [7, 11) is 2.67.